The fourth-order valence-corrected chi connectivity index (χ4v) is 2.94. The van der Waals surface area contributed by atoms with Crippen molar-refractivity contribution in [3.8, 4) is 0 Å². The maximum atomic E-state index is 11.5. The average Bonchev–Trinajstić information content (AvgIpc) is 3.51. The van der Waals surface area contributed by atoms with Gasteiger partial charge in [0.15, 0.2) is 5.82 Å². The number of nitrogens with one attached hydrogen (secondary N) is 2. The van der Waals surface area contributed by atoms with Crippen molar-refractivity contribution >= 4 is 39.5 Å². The van der Waals surface area contributed by atoms with Gasteiger partial charge in [-0.1, -0.05) is 6.07 Å². The summed E-state index contributed by atoms with van der Waals surface area (Å²) in [5, 5.41) is 8.63. The molecule has 2 heterocycles. The minimum atomic E-state index is -0.458. The topological polar surface area (TPSA) is 106 Å². The zero-order chi connectivity index (χ0) is 17.0. The first-order valence-electron chi connectivity index (χ1n) is 8.61. The number of aromatic nitrogens is 3. The van der Waals surface area contributed by atoms with E-state index in [1.165, 1.54) is 12.8 Å². The molecule has 2 fully saturated rings. The van der Waals surface area contributed by atoms with Gasteiger partial charge in [-0.25, -0.2) is 15.0 Å². The Morgan fingerprint density at radius 2 is 1.80 bits per heavy atom. The molecule has 5 rings (SSSR count). The molecule has 0 atom stereocenters. The molecule has 0 spiro atoms. The first kappa shape index (κ1) is 14.4. The van der Waals surface area contributed by atoms with Gasteiger partial charge in [0.1, 0.15) is 5.52 Å². The number of benzene rings is 1. The van der Waals surface area contributed by atoms with Crippen LogP contribution in [0, 0.1) is 0 Å². The van der Waals surface area contributed by atoms with Crippen LogP contribution in [0.5, 0.6) is 0 Å². The number of anilines is 2. The van der Waals surface area contributed by atoms with Crippen LogP contribution in [-0.4, -0.2) is 32.9 Å². The third-order valence-electron chi connectivity index (χ3n) is 4.65. The van der Waals surface area contributed by atoms with E-state index < -0.39 is 5.91 Å². The number of primary amides is 1. The largest absolute Gasteiger partial charge is 0.366 e. The van der Waals surface area contributed by atoms with Crippen molar-refractivity contribution in [1.29, 1.82) is 0 Å². The van der Waals surface area contributed by atoms with Crippen LogP contribution in [0.4, 0.5) is 11.8 Å². The van der Waals surface area contributed by atoms with Crippen molar-refractivity contribution in [1.82, 2.24) is 15.0 Å². The molecule has 126 valence electrons. The molecule has 7 heteroatoms. The van der Waals surface area contributed by atoms with E-state index in [-0.39, 0.29) is 0 Å². The van der Waals surface area contributed by atoms with Gasteiger partial charge in [-0.15, -0.1) is 0 Å². The second-order valence-electron chi connectivity index (χ2n) is 6.85. The molecule has 2 aliphatic rings. The molecule has 1 aromatic carbocycles. The van der Waals surface area contributed by atoms with Gasteiger partial charge in [-0.3, -0.25) is 4.79 Å². The zero-order valence-corrected chi connectivity index (χ0v) is 13.6. The van der Waals surface area contributed by atoms with Crippen molar-refractivity contribution in [3.63, 3.8) is 0 Å². The van der Waals surface area contributed by atoms with Crippen molar-refractivity contribution in [3.05, 3.63) is 30.0 Å². The van der Waals surface area contributed by atoms with E-state index in [1.807, 2.05) is 12.3 Å². The summed E-state index contributed by atoms with van der Waals surface area (Å²) >= 11 is 0. The zero-order valence-electron chi connectivity index (χ0n) is 13.6. The summed E-state index contributed by atoms with van der Waals surface area (Å²) in [5.41, 5.74) is 7.38. The summed E-state index contributed by atoms with van der Waals surface area (Å²) in [6.45, 7) is 0. The predicted octanol–water partition coefficient (Wildman–Crippen LogP) is 2.43. The summed E-state index contributed by atoms with van der Waals surface area (Å²) in [5.74, 6) is 0.928. The monoisotopic (exact) mass is 334 g/mol. The predicted molar refractivity (Wildman–Crippen MR) is 96.6 cm³/mol. The van der Waals surface area contributed by atoms with Crippen LogP contribution in [0.2, 0.25) is 0 Å². The molecule has 2 aliphatic carbocycles. The lowest BCUT2D eigenvalue weighted by Crippen LogP contribution is -2.11. The normalized spacial score (nSPS) is 17.0. The molecule has 7 nitrogen and oxygen atoms in total. The Balaban J connectivity index is 1.71. The second kappa shape index (κ2) is 5.27. The lowest BCUT2D eigenvalue weighted by Gasteiger charge is -2.12. The lowest BCUT2D eigenvalue weighted by molar-refractivity contribution is 0.100. The number of nitrogens with zero attached hydrogens (tertiary/aromatic N) is 3. The number of carbonyl (C=O) groups excluding carboxylic acids is 1. The van der Waals surface area contributed by atoms with Crippen LogP contribution >= 0.6 is 0 Å². The van der Waals surface area contributed by atoms with Gasteiger partial charge in [0, 0.05) is 34.6 Å². The third kappa shape index (κ3) is 2.71. The van der Waals surface area contributed by atoms with Crippen molar-refractivity contribution < 1.29 is 4.79 Å². The highest BCUT2D eigenvalue weighted by Crippen LogP contribution is 2.33. The first-order valence-corrected chi connectivity index (χ1v) is 8.61. The van der Waals surface area contributed by atoms with Crippen molar-refractivity contribution in [2.45, 2.75) is 37.8 Å². The molecule has 0 saturated heterocycles. The van der Waals surface area contributed by atoms with E-state index in [0.29, 0.717) is 23.6 Å². The molecular weight excluding hydrogens is 316 g/mol. The Morgan fingerprint density at radius 1 is 1.04 bits per heavy atom. The highest BCUT2D eigenvalue weighted by Gasteiger charge is 2.25. The number of rotatable bonds is 5. The van der Waals surface area contributed by atoms with Gasteiger partial charge in [0.05, 0.1) is 5.52 Å². The van der Waals surface area contributed by atoms with Gasteiger partial charge >= 0.3 is 0 Å². The number of nitrogens with two attached hydrogens (primary N) is 1. The first-order chi connectivity index (χ1) is 12.2. The van der Waals surface area contributed by atoms with E-state index in [4.69, 9.17) is 15.7 Å². The molecule has 4 N–H and O–H groups in total. The number of pyridine rings is 1. The maximum absolute atomic E-state index is 11.5. The lowest BCUT2D eigenvalue weighted by atomic mass is 10.1. The Kier molecular flexibility index (Phi) is 3.03. The average molecular weight is 334 g/mol. The summed E-state index contributed by atoms with van der Waals surface area (Å²) < 4.78 is 0. The molecule has 0 bridgehead atoms. The smallest absolute Gasteiger partial charge is 0.248 e. The number of fused-ring (bicyclic) bond motifs is 3. The highest BCUT2D eigenvalue weighted by molar-refractivity contribution is 6.10. The second-order valence-corrected chi connectivity index (χ2v) is 6.85. The van der Waals surface area contributed by atoms with Gasteiger partial charge in [0.25, 0.3) is 0 Å². The van der Waals surface area contributed by atoms with Crippen LogP contribution in [0.25, 0.3) is 21.8 Å². The minimum absolute atomic E-state index is 0.447. The Hall–Kier alpha value is -2.96. The number of carbonyl (C=O) groups is 1. The highest BCUT2D eigenvalue weighted by atomic mass is 16.1. The molecule has 2 saturated carbocycles. The Bertz CT molecular complexity index is 1010. The van der Waals surface area contributed by atoms with Gasteiger partial charge < -0.3 is 16.4 Å². The number of hydrogen-bond donors (Lipinski definition) is 3. The molecule has 0 aliphatic heterocycles. The summed E-state index contributed by atoms with van der Waals surface area (Å²) in [6, 6.07) is 6.25. The fourth-order valence-electron chi connectivity index (χ4n) is 2.94. The van der Waals surface area contributed by atoms with Crippen molar-refractivity contribution in [2.24, 2.45) is 5.73 Å². The van der Waals surface area contributed by atoms with Crippen LogP contribution in [-0.2, 0) is 0 Å². The van der Waals surface area contributed by atoms with Gasteiger partial charge in [-0.2, -0.15) is 0 Å². The SMILES string of the molecule is NC(=O)c1ccc2c(c1)nc(NC1CC1)c1nc(NC3CC3)ncc12. The number of hydrogen-bond acceptors (Lipinski definition) is 6. The summed E-state index contributed by atoms with van der Waals surface area (Å²) in [6.07, 6.45) is 6.45. The molecule has 0 unspecified atom stereocenters. The molecule has 2 aromatic heterocycles. The van der Waals surface area contributed by atoms with Crippen LogP contribution in [0.3, 0.4) is 0 Å². The quantitative estimate of drug-likeness (QED) is 0.619. The van der Waals surface area contributed by atoms with E-state index >= 15 is 0 Å². The minimum Gasteiger partial charge on any atom is -0.366 e. The summed E-state index contributed by atoms with van der Waals surface area (Å²) in [7, 11) is 0. The molecular formula is C18H18N6O. The van der Waals surface area contributed by atoms with E-state index in [2.05, 4.69) is 15.6 Å². The van der Waals surface area contributed by atoms with E-state index in [1.54, 1.807) is 12.1 Å². The molecule has 3 aromatic rings. The maximum Gasteiger partial charge on any atom is 0.248 e. The number of amides is 1. The van der Waals surface area contributed by atoms with E-state index in [0.717, 1.165) is 40.5 Å². The Morgan fingerprint density at radius 3 is 2.52 bits per heavy atom. The molecule has 25 heavy (non-hydrogen) atoms. The van der Waals surface area contributed by atoms with Crippen LogP contribution < -0.4 is 16.4 Å². The molecule has 1 amide bonds. The van der Waals surface area contributed by atoms with Crippen LogP contribution in [0.15, 0.2) is 24.4 Å². The van der Waals surface area contributed by atoms with E-state index in [9.17, 15) is 4.79 Å². The fraction of sp³-hybridized carbons (Fsp3) is 0.333. The third-order valence-corrected chi connectivity index (χ3v) is 4.65. The summed E-state index contributed by atoms with van der Waals surface area (Å²) in [4.78, 5) is 25.4. The van der Waals surface area contributed by atoms with Crippen LogP contribution in [0.1, 0.15) is 36.0 Å². The molecule has 0 radical (unpaired) electrons. The van der Waals surface area contributed by atoms with Gasteiger partial charge in [0.2, 0.25) is 11.9 Å². The van der Waals surface area contributed by atoms with Crippen molar-refractivity contribution in [2.75, 3.05) is 10.6 Å². The van der Waals surface area contributed by atoms with Gasteiger partial charge in [-0.05, 0) is 37.8 Å². The standard InChI is InChI=1S/C18H18N6O/c19-16(25)9-1-6-12-13-8-20-18(22-11-4-5-11)24-15(13)17(21-10-2-3-10)23-14(12)7-9/h1,6-8,10-11H,2-5H2,(H2,19,25)(H,21,23)(H,20,22,24). The Labute approximate surface area is 144 Å².